The van der Waals surface area contributed by atoms with Crippen LogP contribution in [0.3, 0.4) is 0 Å². The predicted molar refractivity (Wildman–Crippen MR) is 36.2 cm³/mol. The van der Waals surface area contributed by atoms with E-state index in [9.17, 15) is 4.79 Å². The molecule has 1 unspecified atom stereocenters. The molecule has 64 valence electrons. The minimum atomic E-state index is -1.08. The van der Waals surface area contributed by atoms with Crippen LogP contribution in [0.25, 0.3) is 0 Å². The van der Waals surface area contributed by atoms with E-state index in [1.54, 1.807) is 0 Å². The Balaban J connectivity index is 2.61. The fraction of sp³-hybridized carbons (Fsp3) is 0.833. The quantitative estimate of drug-likeness (QED) is 0.465. The Hall–Kier alpha value is -0.810. The normalized spacial score (nSPS) is 30.9. The molecule has 1 fully saturated rings. The average molecular weight is 161 g/mol. The van der Waals surface area contributed by atoms with Gasteiger partial charge in [-0.2, -0.15) is 0 Å². The van der Waals surface area contributed by atoms with Gasteiger partial charge >= 0.3 is 6.09 Å². The minimum Gasteiger partial charge on any atom is -0.465 e. The van der Waals surface area contributed by atoms with E-state index in [0.717, 1.165) is 4.90 Å². The summed E-state index contributed by atoms with van der Waals surface area (Å²) in [7, 11) is 0. The molecule has 0 aromatic rings. The molecule has 3 N–H and O–H groups in total. The number of aliphatic hydroxyl groups is 2. The standard InChI is InChI=1S/C6H11NO4/c8-3-4-5(9)1-2-7(4)6(10)11/h4-5,8-9H,1-3H2,(H,10,11)/t4?,5-/m0/s1. The first-order valence-corrected chi connectivity index (χ1v) is 3.45. The van der Waals surface area contributed by atoms with Crippen LogP contribution in [0.4, 0.5) is 4.79 Å². The van der Waals surface area contributed by atoms with Crippen LogP contribution in [0, 0.1) is 0 Å². The molecule has 2 atom stereocenters. The van der Waals surface area contributed by atoms with Gasteiger partial charge in [0.05, 0.1) is 18.8 Å². The van der Waals surface area contributed by atoms with Gasteiger partial charge in [-0.25, -0.2) is 4.79 Å². The SMILES string of the molecule is O=C(O)N1CC[C@H](O)C1CO. The first kappa shape index (κ1) is 8.29. The first-order valence-electron chi connectivity index (χ1n) is 3.45. The lowest BCUT2D eigenvalue weighted by atomic mass is 10.2. The lowest BCUT2D eigenvalue weighted by Gasteiger charge is -2.20. The predicted octanol–water partition coefficient (Wildman–Crippen LogP) is -0.908. The topological polar surface area (TPSA) is 81.0 Å². The van der Waals surface area contributed by atoms with E-state index in [2.05, 4.69) is 0 Å². The highest BCUT2D eigenvalue weighted by Crippen LogP contribution is 2.16. The molecule has 11 heavy (non-hydrogen) atoms. The molecule has 1 aliphatic heterocycles. The number of likely N-dealkylation sites (tertiary alicyclic amines) is 1. The summed E-state index contributed by atoms with van der Waals surface area (Å²) in [5.41, 5.74) is 0. The van der Waals surface area contributed by atoms with E-state index in [4.69, 9.17) is 15.3 Å². The van der Waals surface area contributed by atoms with E-state index in [1.807, 2.05) is 0 Å². The molecule has 1 rings (SSSR count). The first-order chi connectivity index (χ1) is 5.16. The van der Waals surface area contributed by atoms with Crippen molar-refractivity contribution < 1.29 is 20.1 Å². The Morgan fingerprint density at radius 3 is 2.64 bits per heavy atom. The Labute approximate surface area is 63.9 Å². The molecule has 0 aromatic heterocycles. The summed E-state index contributed by atoms with van der Waals surface area (Å²) in [5, 5.41) is 26.4. The summed E-state index contributed by atoms with van der Waals surface area (Å²) in [6.45, 7) is -0.00477. The summed E-state index contributed by atoms with van der Waals surface area (Å²) < 4.78 is 0. The fourth-order valence-electron chi connectivity index (χ4n) is 1.30. The van der Waals surface area contributed by atoms with E-state index >= 15 is 0 Å². The van der Waals surface area contributed by atoms with Crippen molar-refractivity contribution in [2.75, 3.05) is 13.2 Å². The van der Waals surface area contributed by atoms with Crippen LogP contribution in [0.2, 0.25) is 0 Å². The van der Waals surface area contributed by atoms with Gasteiger partial charge in [0.25, 0.3) is 0 Å². The summed E-state index contributed by atoms with van der Waals surface area (Å²) >= 11 is 0. The lowest BCUT2D eigenvalue weighted by molar-refractivity contribution is 0.0671. The Morgan fingerprint density at radius 1 is 1.64 bits per heavy atom. The van der Waals surface area contributed by atoms with Crippen molar-refractivity contribution in [3.63, 3.8) is 0 Å². The molecule has 1 saturated heterocycles. The van der Waals surface area contributed by atoms with Crippen LogP contribution in [0.1, 0.15) is 6.42 Å². The van der Waals surface area contributed by atoms with Crippen molar-refractivity contribution in [1.82, 2.24) is 4.90 Å². The summed E-state index contributed by atoms with van der Waals surface area (Å²) in [6, 6.07) is -0.632. The maximum atomic E-state index is 10.4. The van der Waals surface area contributed by atoms with E-state index in [0.29, 0.717) is 13.0 Å². The zero-order valence-electron chi connectivity index (χ0n) is 5.97. The molecule has 5 heteroatoms. The van der Waals surface area contributed by atoms with Crippen LogP contribution >= 0.6 is 0 Å². The van der Waals surface area contributed by atoms with Gasteiger partial charge in [0.15, 0.2) is 0 Å². The van der Waals surface area contributed by atoms with E-state index in [-0.39, 0.29) is 6.61 Å². The number of rotatable bonds is 1. The minimum absolute atomic E-state index is 0.307. The molecule has 0 aromatic carbocycles. The molecule has 0 saturated carbocycles. The highest BCUT2D eigenvalue weighted by atomic mass is 16.4. The van der Waals surface area contributed by atoms with E-state index < -0.39 is 18.2 Å². The molecule has 1 heterocycles. The molecule has 1 amide bonds. The van der Waals surface area contributed by atoms with Crippen molar-refractivity contribution in [1.29, 1.82) is 0 Å². The number of hydrogen-bond acceptors (Lipinski definition) is 3. The number of aliphatic hydroxyl groups excluding tert-OH is 2. The zero-order chi connectivity index (χ0) is 8.43. The highest BCUT2D eigenvalue weighted by Gasteiger charge is 2.35. The third-order valence-electron chi connectivity index (χ3n) is 1.94. The number of amides is 1. The highest BCUT2D eigenvalue weighted by molar-refractivity contribution is 5.66. The van der Waals surface area contributed by atoms with Gasteiger partial charge < -0.3 is 20.2 Å². The van der Waals surface area contributed by atoms with Crippen LogP contribution in [0.15, 0.2) is 0 Å². The monoisotopic (exact) mass is 161 g/mol. The number of carboxylic acid groups (broad SMARTS) is 1. The maximum Gasteiger partial charge on any atom is 0.407 e. The molecular formula is C6H11NO4. The average Bonchev–Trinajstić information content (AvgIpc) is 2.30. The molecule has 0 bridgehead atoms. The molecule has 5 nitrogen and oxygen atoms in total. The van der Waals surface area contributed by atoms with Crippen LogP contribution in [-0.4, -0.2) is 51.6 Å². The molecule has 0 radical (unpaired) electrons. The van der Waals surface area contributed by atoms with Crippen molar-refractivity contribution in [2.24, 2.45) is 0 Å². The zero-order valence-corrected chi connectivity index (χ0v) is 5.97. The summed E-state index contributed by atoms with van der Waals surface area (Å²) in [6.07, 6.45) is -1.38. The molecule has 1 aliphatic rings. The van der Waals surface area contributed by atoms with Gasteiger partial charge in [0.1, 0.15) is 0 Å². The van der Waals surface area contributed by atoms with Gasteiger partial charge in [0.2, 0.25) is 0 Å². The second kappa shape index (κ2) is 3.06. The van der Waals surface area contributed by atoms with Crippen molar-refractivity contribution in [2.45, 2.75) is 18.6 Å². The third kappa shape index (κ3) is 1.44. The van der Waals surface area contributed by atoms with Gasteiger partial charge in [0, 0.05) is 6.54 Å². The van der Waals surface area contributed by atoms with Crippen LogP contribution in [0.5, 0.6) is 0 Å². The molecule has 0 aliphatic carbocycles. The lowest BCUT2D eigenvalue weighted by Crippen LogP contribution is -2.41. The fourth-order valence-corrected chi connectivity index (χ4v) is 1.30. The number of nitrogens with zero attached hydrogens (tertiary/aromatic N) is 1. The van der Waals surface area contributed by atoms with Gasteiger partial charge in [-0.3, -0.25) is 0 Å². The van der Waals surface area contributed by atoms with Gasteiger partial charge in [-0.05, 0) is 6.42 Å². The Morgan fingerprint density at radius 2 is 2.27 bits per heavy atom. The van der Waals surface area contributed by atoms with Crippen molar-refractivity contribution >= 4 is 6.09 Å². The second-order valence-corrected chi connectivity index (χ2v) is 2.58. The van der Waals surface area contributed by atoms with Gasteiger partial charge in [-0.15, -0.1) is 0 Å². The summed E-state index contributed by atoms with van der Waals surface area (Å²) in [4.78, 5) is 11.5. The Kier molecular flexibility index (Phi) is 2.31. The van der Waals surface area contributed by atoms with Crippen molar-refractivity contribution in [3.05, 3.63) is 0 Å². The third-order valence-corrected chi connectivity index (χ3v) is 1.94. The van der Waals surface area contributed by atoms with Crippen LogP contribution in [-0.2, 0) is 0 Å². The maximum absolute atomic E-state index is 10.4. The second-order valence-electron chi connectivity index (χ2n) is 2.58. The number of carbonyl (C=O) groups is 1. The molecular weight excluding hydrogens is 150 g/mol. The smallest absolute Gasteiger partial charge is 0.407 e. The molecule has 0 spiro atoms. The van der Waals surface area contributed by atoms with Crippen molar-refractivity contribution in [3.8, 4) is 0 Å². The largest absolute Gasteiger partial charge is 0.465 e. The van der Waals surface area contributed by atoms with Crippen LogP contribution < -0.4 is 0 Å². The van der Waals surface area contributed by atoms with E-state index in [1.165, 1.54) is 0 Å². The Bertz CT molecular complexity index is 161. The number of hydrogen-bond donors (Lipinski definition) is 3. The summed E-state index contributed by atoms with van der Waals surface area (Å²) in [5.74, 6) is 0. The van der Waals surface area contributed by atoms with Gasteiger partial charge in [-0.1, -0.05) is 0 Å².